The van der Waals surface area contributed by atoms with Crippen LogP contribution in [0.15, 0.2) is 12.1 Å². The molecule has 0 heterocycles. The summed E-state index contributed by atoms with van der Waals surface area (Å²) in [4.78, 5) is 11.5. The highest BCUT2D eigenvalue weighted by Gasteiger charge is 2.17. The molecular formula is C11H12ClFO3. The van der Waals surface area contributed by atoms with E-state index in [0.717, 1.165) is 6.07 Å². The van der Waals surface area contributed by atoms with Gasteiger partial charge in [-0.3, -0.25) is 0 Å². The van der Waals surface area contributed by atoms with Crippen molar-refractivity contribution in [3.63, 3.8) is 0 Å². The third kappa shape index (κ3) is 2.85. The molecule has 0 spiro atoms. The van der Waals surface area contributed by atoms with Gasteiger partial charge in [0.25, 0.3) is 0 Å². The Kier molecular flexibility index (Phi) is 4.55. The van der Waals surface area contributed by atoms with Gasteiger partial charge in [0.05, 0.1) is 18.2 Å². The summed E-state index contributed by atoms with van der Waals surface area (Å²) in [7, 11) is 0. The third-order valence-electron chi connectivity index (χ3n) is 1.82. The number of rotatable bonds is 4. The molecule has 1 aromatic rings. The molecule has 0 amide bonds. The van der Waals surface area contributed by atoms with Crippen molar-refractivity contribution in [1.29, 1.82) is 0 Å². The smallest absolute Gasteiger partial charge is 0.342 e. The molecule has 3 nitrogen and oxygen atoms in total. The fourth-order valence-corrected chi connectivity index (χ4v) is 1.33. The van der Waals surface area contributed by atoms with Gasteiger partial charge in [-0.25, -0.2) is 9.18 Å². The lowest BCUT2D eigenvalue weighted by Gasteiger charge is -2.10. The second kappa shape index (κ2) is 5.70. The Balaban J connectivity index is 3.13. The molecule has 0 saturated heterocycles. The lowest BCUT2D eigenvalue weighted by atomic mass is 10.2. The molecule has 0 aromatic heterocycles. The summed E-state index contributed by atoms with van der Waals surface area (Å²) in [6.07, 6.45) is 0. The van der Waals surface area contributed by atoms with Crippen molar-refractivity contribution in [3.8, 4) is 5.75 Å². The van der Waals surface area contributed by atoms with Crippen LogP contribution in [0.5, 0.6) is 5.75 Å². The zero-order valence-electron chi connectivity index (χ0n) is 9.05. The van der Waals surface area contributed by atoms with E-state index in [4.69, 9.17) is 21.1 Å². The Morgan fingerprint density at radius 3 is 2.62 bits per heavy atom. The first-order valence-corrected chi connectivity index (χ1v) is 5.26. The summed E-state index contributed by atoms with van der Waals surface area (Å²) in [5, 5.41) is -0.0866. The van der Waals surface area contributed by atoms with Gasteiger partial charge < -0.3 is 9.47 Å². The molecule has 5 heteroatoms. The van der Waals surface area contributed by atoms with Gasteiger partial charge in [0.1, 0.15) is 17.1 Å². The highest BCUT2D eigenvalue weighted by atomic mass is 35.5. The van der Waals surface area contributed by atoms with Gasteiger partial charge in [-0.2, -0.15) is 0 Å². The van der Waals surface area contributed by atoms with Crippen LogP contribution in [0.1, 0.15) is 24.2 Å². The Labute approximate surface area is 98.1 Å². The highest BCUT2D eigenvalue weighted by Crippen LogP contribution is 2.27. The molecule has 0 aliphatic heterocycles. The zero-order valence-corrected chi connectivity index (χ0v) is 9.81. The maximum Gasteiger partial charge on any atom is 0.342 e. The molecule has 0 aliphatic rings. The van der Waals surface area contributed by atoms with E-state index in [2.05, 4.69) is 0 Å². The predicted molar refractivity (Wildman–Crippen MR) is 58.5 cm³/mol. The number of benzene rings is 1. The van der Waals surface area contributed by atoms with Crippen molar-refractivity contribution in [2.45, 2.75) is 13.8 Å². The van der Waals surface area contributed by atoms with E-state index in [1.807, 2.05) is 0 Å². The molecule has 88 valence electrons. The van der Waals surface area contributed by atoms with Gasteiger partial charge in [0.15, 0.2) is 0 Å². The van der Waals surface area contributed by atoms with Crippen LogP contribution >= 0.6 is 11.6 Å². The van der Waals surface area contributed by atoms with E-state index in [1.165, 1.54) is 6.07 Å². The average Bonchev–Trinajstić information content (AvgIpc) is 2.23. The molecule has 0 fully saturated rings. The maximum atomic E-state index is 13.2. The largest absolute Gasteiger partial charge is 0.493 e. The van der Waals surface area contributed by atoms with E-state index in [1.54, 1.807) is 13.8 Å². The second-order valence-electron chi connectivity index (χ2n) is 2.92. The molecule has 16 heavy (non-hydrogen) atoms. The lowest BCUT2D eigenvalue weighted by Crippen LogP contribution is -2.08. The monoisotopic (exact) mass is 246 g/mol. The zero-order chi connectivity index (χ0) is 12.1. The van der Waals surface area contributed by atoms with Gasteiger partial charge in [0, 0.05) is 6.07 Å². The Hall–Kier alpha value is -1.29. The second-order valence-corrected chi connectivity index (χ2v) is 3.32. The normalized spacial score (nSPS) is 10.0. The molecule has 0 atom stereocenters. The lowest BCUT2D eigenvalue weighted by molar-refractivity contribution is 0.0521. The third-order valence-corrected chi connectivity index (χ3v) is 2.11. The molecule has 0 radical (unpaired) electrons. The fraction of sp³-hybridized carbons (Fsp3) is 0.364. The number of carbonyl (C=O) groups is 1. The molecule has 1 rings (SSSR count). The molecule has 0 saturated carbocycles. The van der Waals surface area contributed by atoms with E-state index in [-0.39, 0.29) is 22.9 Å². The summed E-state index contributed by atoms with van der Waals surface area (Å²) in [5.74, 6) is -1.07. The van der Waals surface area contributed by atoms with Crippen LogP contribution in [-0.2, 0) is 4.74 Å². The highest BCUT2D eigenvalue weighted by molar-refractivity contribution is 6.31. The minimum atomic E-state index is -0.673. The Morgan fingerprint density at radius 2 is 2.06 bits per heavy atom. The molecule has 0 unspecified atom stereocenters. The SMILES string of the molecule is CCOC(=O)c1cc(F)c(Cl)cc1OCC. The minimum Gasteiger partial charge on any atom is -0.493 e. The summed E-state index contributed by atoms with van der Waals surface area (Å²) in [6, 6.07) is 2.29. The average molecular weight is 247 g/mol. The van der Waals surface area contributed by atoms with Gasteiger partial charge in [-0.05, 0) is 19.9 Å². The van der Waals surface area contributed by atoms with Crippen LogP contribution in [0, 0.1) is 5.82 Å². The Morgan fingerprint density at radius 1 is 1.38 bits per heavy atom. The first-order valence-electron chi connectivity index (χ1n) is 4.89. The predicted octanol–water partition coefficient (Wildman–Crippen LogP) is 3.05. The summed E-state index contributed by atoms with van der Waals surface area (Å²) in [6.45, 7) is 4.00. The molecule has 0 aliphatic carbocycles. The van der Waals surface area contributed by atoms with Crippen LogP contribution in [-0.4, -0.2) is 19.2 Å². The molecule has 0 N–H and O–H groups in total. The van der Waals surface area contributed by atoms with Crippen LogP contribution in [0.2, 0.25) is 5.02 Å². The van der Waals surface area contributed by atoms with Crippen molar-refractivity contribution in [3.05, 3.63) is 28.5 Å². The van der Waals surface area contributed by atoms with Crippen molar-refractivity contribution >= 4 is 17.6 Å². The van der Waals surface area contributed by atoms with Crippen LogP contribution in [0.25, 0.3) is 0 Å². The molecule has 1 aromatic carbocycles. The van der Waals surface area contributed by atoms with E-state index in [9.17, 15) is 9.18 Å². The number of esters is 1. The van der Waals surface area contributed by atoms with Gasteiger partial charge in [-0.1, -0.05) is 11.6 Å². The fourth-order valence-electron chi connectivity index (χ4n) is 1.17. The van der Waals surface area contributed by atoms with Gasteiger partial charge in [-0.15, -0.1) is 0 Å². The van der Waals surface area contributed by atoms with Crippen molar-refractivity contribution in [1.82, 2.24) is 0 Å². The van der Waals surface area contributed by atoms with Crippen LogP contribution < -0.4 is 4.74 Å². The van der Waals surface area contributed by atoms with E-state index >= 15 is 0 Å². The van der Waals surface area contributed by atoms with Crippen molar-refractivity contribution < 1.29 is 18.7 Å². The maximum absolute atomic E-state index is 13.2. The van der Waals surface area contributed by atoms with Gasteiger partial charge >= 0.3 is 5.97 Å². The number of ether oxygens (including phenoxy) is 2. The number of hydrogen-bond acceptors (Lipinski definition) is 3. The number of carbonyl (C=O) groups excluding carboxylic acids is 1. The number of hydrogen-bond donors (Lipinski definition) is 0. The first-order chi connectivity index (χ1) is 7.60. The quantitative estimate of drug-likeness (QED) is 0.766. The summed E-state index contributed by atoms with van der Waals surface area (Å²) >= 11 is 5.60. The number of halogens is 2. The van der Waals surface area contributed by atoms with E-state index in [0.29, 0.717) is 6.61 Å². The van der Waals surface area contributed by atoms with Crippen molar-refractivity contribution in [2.75, 3.05) is 13.2 Å². The van der Waals surface area contributed by atoms with Crippen LogP contribution in [0.3, 0.4) is 0 Å². The van der Waals surface area contributed by atoms with Crippen LogP contribution in [0.4, 0.5) is 4.39 Å². The molecular weight excluding hydrogens is 235 g/mol. The first kappa shape index (κ1) is 12.8. The minimum absolute atomic E-state index is 0.0469. The van der Waals surface area contributed by atoms with Gasteiger partial charge in [0.2, 0.25) is 0 Å². The van der Waals surface area contributed by atoms with E-state index < -0.39 is 11.8 Å². The standard InChI is InChI=1S/C11H12ClFO3/c1-3-15-10-6-8(12)9(13)5-7(10)11(14)16-4-2/h5-6H,3-4H2,1-2H3. The topological polar surface area (TPSA) is 35.5 Å². The summed E-state index contributed by atoms with van der Waals surface area (Å²) < 4.78 is 23.2. The molecule has 0 bridgehead atoms. The Bertz CT molecular complexity index is 393. The summed E-state index contributed by atoms with van der Waals surface area (Å²) in [5.41, 5.74) is 0.0469. The van der Waals surface area contributed by atoms with Crippen molar-refractivity contribution in [2.24, 2.45) is 0 Å².